The first kappa shape index (κ1) is 12.8. The zero-order chi connectivity index (χ0) is 14.3. The van der Waals surface area contributed by atoms with Gasteiger partial charge in [0.15, 0.2) is 0 Å². The Labute approximate surface area is 117 Å². The number of hydrogen-bond acceptors (Lipinski definition) is 3. The quantitative estimate of drug-likeness (QED) is 0.776. The summed E-state index contributed by atoms with van der Waals surface area (Å²) in [6.45, 7) is 5.90. The van der Waals surface area contributed by atoms with Crippen LogP contribution in [0.1, 0.15) is 29.8 Å². The van der Waals surface area contributed by atoms with Gasteiger partial charge in [0.05, 0.1) is 34.7 Å². The number of imidazole rings is 1. The van der Waals surface area contributed by atoms with E-state index in [4.69, 9.17) is 0 Å². The van der Waals surface area contributed by atoms with Crippen molar-refractivity contribution in [3.05, 3.63) is 53.6 Å². The second-order valence-electron chi connectivity index (χ2n) is 5.16. The fourth-order valence-electron chi connectivity index (χ4n) is 2.26. The van der Waals surface area contributed by atoms with Crippen LogP contribution in [-0.2, 0) is 0 Å². The van der Waals surface area contributed by atoms with Gasteiger partial charge >= 0.3 is 0 Å². The predicted molar refractivity (Wildman–Crippen MR) is 79.0 cm³/mol. The molecule has 4 nitrogen and oxygen atoms in total. The summed E-state index contributed by atoms with van der Waals surface area (Å²) in [6.07, 6.45) is 3.02. The molecule has 20 heavy (non-hydrogen) atoms. The molecular formula is C16H17N3O. The van der Waals surface area contributed by atoms with Crippen LogP contribution in [-0.4, -0.2) is 19.6 Å². The van der Waals surface area contributed by atoms with E-state index in [0.717, 1.165) is 16.7 Å². The van der Waals surface area contributed by atoms with E-state index < -0.39 is 6.10 Å². The minimum absolute atomic E-state index is 0.548. The van der Waals surface area contributed by atoms with E-state index >= 15 is 0 Å². The first-order valence-corrected chi connectivity index (χ1v) is 6.65. The molecular weight excluding hydrogens is 250 g/mol. The first-order valence-electron chi connectivity index (χ1n) is 6.65. The fraction of sp³-hybridized carbons (Fsp3) is 0.250. The van der Waals surface area contributed by atoms with Crippen molar-refractivity contribution in [2.75, 3.05) is 0 Å². The maximum Gasteiger partial charge on any atom is 0.100 e. The number of benzene rings is 1. The van der Waals surface area contributed by atoms with Crippen LogP contribution in [0.15, 0.2) is 36.8 Å². The molecule has 102 valence electrons. The summed E-state index contributed by atoms with van der Waals surface area (Å²) < 4.78 is 2.01. The smallest absolute Gasteiger partial charge is 0.100 e. The van der Waals surface area contributed by atoms with Gasteiger partial charge < -0.3 is 5.11 Å². The Morgan fingerprint density at radius 3 is 2.50 bits per heavy atom. The Morgan fingerprint density at radius 2 is 1.85 bits per heavy atom. The van der Waals surface area contributed by atoms with Crippen molar-refractivity contribution in [3.63, 3.8) is 0 Å². The van der Waals surface area contributed by atoms with E-state index in [0.29, 0.717) is 5.69 Å². The normalized spacial score (nSPS) is 12.8. The number of pyridine rings is 1. The van der Waals surface area contributed by atoms with Gasteiger partial charge in [0.2, 0.25) is 0 Å². The summed E-state index contributed by atoms with van der Waals surface area (Å²) >= 11 is 0. The second kappa shape index (κ2) is 4.72. The minimum atomic E-state index is -0.548. The molecule has 4 heteroatoms. The topological polar surface area (TPSA) is 50.9 Å². The van der Waals surface area contributed by atoms with Crippen LogP contribution in [0.4, 0.5) is 0 Å². The summed E-state index contributed by atoms with van der Waals surface area (Å²) in [7, 11) is 0. The molecule has 0 amide bonds. The van der Waals surface area contributed by atoms with Crippen molar-refractivity contribution in [2.24, 2.45) is 0 Å². The van der Waals surface area contributed by atoms with Gasteiger partial charge in [-0.25, -0.2) is 4.98 Å². The molecule has 0 aliphatic carbocycles. The average molecular weight is 267 g/mol. The highest BCUT2D eigenvalue weighted by atomic mass is 16.3. The highest BCUT2D eigenvalue weighted by Crippen LogP contribution is 2.22. The summed E-state index contributed by atoms with van der Waals surface area (Å²) in [5.41, 5.74) is 6.15. The van der Waals surface area contributed by atoms with Crippen molar-refractivity contribution < 1.29 is 5.11 Å². The lowest BCUT2D eigenvalue weighted by molar-refractivity contribution is 0.194. The number of rotatable bonds is 2. The van der Waals surface area contributed by atoms with E-state index in [1.807, 2.05) is 23.0 Å². The van der Waals surface area contributed by atoms with Gasteiger partial charge in [-0.05, 0) is 56.2 Å². The monoisotopic (exact) mass is 267 g/mol. The lowest BCUT2D eigenvalue weighted by Gasteiger charge is -2.08. The van der Waals surface area contributed by atoms with Gasteiger partial charge in [-0.15, -0.1) is 0 Å². The van der Waals surface area contributed by atoms with Crippen LogP contribution >= 0.6 is 0 Å². The Hall–Kier alpha value is -2.20. The molecule has 1 atom stereocenters. The third-order valence-electron chi connectivity index (χ3n) is 3.64. The maximum atomic E-state index is 9.50. The number of aryl methyl sites for hydroxylation is 2. The third kappa shape index (κ3) is 2.08. The van der Waals surface area contributed by atoms with E-state index in [-0.39, 0.29) is 0 Å². The highest BCUT2D eigenvalue weighted by Gasteiger charge is 2.08. The van der Waals surface area contributed by atoms with E-state index in [2.05, 4.69) is 35.9 Å². The summed E-state index contributed by atoms with van der Waals surface area (Å²) in [4.78, 5) is 8.72. The fourth-order valence-corrected chi connectivity index (χ4v) is 2.26. The highest BCUT2D eigenvalue weighted by molar-refractivity contribution is 5.79. The molecule has 0 aliphatic rings. The van der Waals surface area contributed by atoms with E-state index in [9.17, 15) is 5.11 Å². The Kier molecular flexibility index (Phi) is 3.03. The molecule has 3 aromatic rings. The van der Waals surface area contributed by atoms with Crippen molar-refractivity contribution in [3.8, 4) is 5.69 Å². The van der Waals surface area contributed by atoms with Crippen molar-refractivity contribution >= 4 is 11.0 Å². The molecule has 1 unspecified atom stereocenters. The SMILES string of the molecule is Cc1cc2ncn(-c3ccc(C(C)O)nc3)c2cc1C. The zero-order valence-corrected chi connectivity index (χ0v) is 11.8. The van der Waals surface area contributed by atoms with Crippen LogP contribution in [0.5, 0.6) is 0 Å². The number of aliphatic hydroxyl groups is 1. The van der Waals surface area contributed by atoms with Crippen LogP contribution in [0.2, 0.25) is 0 Å². The van der Waals surface area contributed by atoms with Gasteiger partial charge in [-0.3, -0.25) is 9.55 Å². The molecule has 0 fully saturated rings. The molecule has 0 radical (unpaired) electrons. The van der Waals surface area contributed by atoms with Gasteiger partial charge in [0.25, 0.3) is 0 Å². The lowest BCUT2D eigenvalue weighted by atomic mass is 10.1. The molecule has 2 aromatic heterocycles. The summed E-state index contributed by atoms with van der Waals surface area (Å²) in [5.74, 6) is 0. The van der Waals surface area contributed by atoms with E-state index in [1.54, 1.807) is 13.1 Å². The predicted octanol–water partition coefficient (Wildman–Crippen LogP) is 3.09. The Balaban J connectivity index is 2.12. The van der Waals surface area contributed by atoms with Crippen LogP contribution in [0.25, 0.3) is 16.7 Å². The molecule has 1 aromatic carbocycles. The van der Waals surface area contributed by atoms with Gasteiger partial charge in [0.1, 0.15) is 6.33 Å². The Bertz CT molecular complexity index is 757. The molecule has 0 bridgehead atoms. The molecule has 0 aliphatic heterocycles. The van der Waals surface area contributed by atoms with Crippen LogP contribution in [0, 0.1) is 13.8 Å². The molecule has 0 saturated carbocycles. The largest absolute Gasteiger partial charge is 0.387 e. The van der Waals surface area contributed by atoms with Gasteiger partial charge in [0, 0.05) is 0 Å². The number of fused-ring (bicyclic) bond motifs is 1. The van der Waals surface area contributed by atoms with Gasteiger partial charge in [-0.1, -0.05) is 0 Å². The third-order valence-corrected chi connectivity index (χ3v) is 3.64. The standard InChI is InChI=1S/C16H17N3O/c1-10-6-15-16(7-11(10)2)19(9-18-15)13-4-5-14(12(3)20)17-8-13/h4-9,12,20H,1-3H3. The number of hydrogen-bond donors (Lipinski definition) is 1. The lowest BCUT2D eigenvalue weighted by Crippen LogP contribution is -1.98. The summed E-state index contributed by atoms with van der Waals surface area (Å²) in [6, 6.07) is 8.03. The zero-order valence-electron chi connectivity index (χ0n) is 11.8. The Morgan fingerprint density at radius 1 is 1.10 bits per heavy atom. The van der Waals surface area contributed by atoms with Crippen molar-refractivity contribution in [1.82, 2.24) is 14.5 Å². The molecule has 0 spiro atoms. The van der Waals surface area contributed by atoms with Crippen molar-refractivity contribution in [2.45, 2.75) is 26.9 Å². The molecule has 3 rings (SSSR count). The van der Waals surface area contributed by atoms with Gasteiger partial charge in [-0.2, -0.15) is 0 Å². The molecule has 2 heterocycles. The van der Waals surface area contributed by atoms with Crippen LogP contribution < -0.4 is 0 Å². The van der Waals surface area contributed by atoms with Crippen LogP contribution in [0.3, 0.4) is 0 Å². The summed E-state index contributed by atoms with van der Waals surface area (Å²) in [5, 5.41) is 9.50. The number of nitrogens with zero attached hydrogens (tertiary/aromatic N) is 3. The molecule has 1 N–H and O–H groups in total. The molecule has 0 saturated heterocycles. The maximum absolute atomic E-state index is 9.50. The first-order chi connectivity index (χ1) is 9.56. The second-order valence-corrected chi connectivity index (χ2v) is 5.16. The average Bonchev–Trinajstić information content (AvgIpc) is 2.82. The number of aromatic nitrogens is 3. The minimum Gasteiger partial charge on any atom is -0.387 e. The van der Waals surface area contributed by atoms with E-state index in [1.165, 1.54) is 11.1 Å². The number of aliphatic hydroxyl groups excluding tert-OH is 1. The van der Waals surface area contributed by atoms with Crippen molar-refractivity contribution in [1.29, 1.82) is 0 Å².